The largest absolute Gasteiger partial charge is 0.490 e. The molecule has 1 fully saturated rings. The zero-order valence-electron chi connectivity index (χ0n) is 11.9. The fraction of sp³-hybridized carbons (Fsp3) is 0.385. The number of halogens is 3. The van der Waals surface area contributed by atoms with E-state index in [0.717, 1.165) is 12.8 Å². The summed E-state index contributed by atoms with van der Waals surface area (Å²) in [5.41, 5.74) is 1.83. The highest BCUT2D eigenvalue weighted by molar-refractivity contribution is 6.04. The highest BCUT2D eigenvalue weighted by Gasteiger charge is 2.39. The van der Waals surface area contributed by atoms with Gasteiger partial charge in [-0.25, -0.2) is 9.78 Å². The average Bonchev–Trinajstić information content (AvgIpc) is 3.02. The van der Waals surface area contributed by atoms with Gasteiger partial charge in [-0.15, -0.1) is 0 Å². The van der Waals surface area contributed by atoms with Crippen molar-refractivity contribution in [1.29, 1.82) is 0 Å². The summed E-state index contributed by atoms with van der Waals surface area (Å²) >= 11 is 0. The maximum atomic E-state index is 12.0. The van der Waals surface area contributed by atoms with Gasteiger partial charge in [0, 0.05) is 24.1 Å². The first-order chi connectivity index (χ1) is 10.6. The van der Waals surface area contributed by atoms with E-state index in [2.05, 4.69) is 20.3 Å². The van der Waals surface area contributed by atoms with Crippen molar-refractivity contribution in [3.63, 3.8) is 0 Å². The van der Waals surface area contributed by atoms with Crippen molar-refractivity contribution in [1.82, 2.24) is 20.3 Å². The van der Waals surface area contributed by atoms with Crippen molar-refractivity contribution in [3.05, 3.63) is 24.2 Å². The quantitative estimate of drug-likeness (QED) is 0.779. The molecule has 2 aromatic heterocycles. The second kappa shape index (κ2) is 5.86. The van der Waals surface area contributed by atoms with Crippen LogP contribution in [0.2, 0.25) is 0 Å². The first-order valence-corrected chi connectivity index (χ1v) is 6.53. The molecule has 0 aromatic carbocycles. The molecule has 0 unspecified atom stereocenters. The molecule has 1 saturated carbocycles. The molecule has 2 heterocycles. The summed E-state index contributed by atoms with van der Waals surface area (Å²) < 4.78 is 31.7. The summed E-state index contributed by atoms with van der Waals surface area (Å²) in [6.07, 6.45) is 1.86. The molecule has 1 aliphatic carbocycles. The number of hydrogen-bond acceptors (Lipinski definition) is 4. The highest BCUT2D eigenvalue weighted by atomic mass is 19.4. The number of nitrogens with zero attached hydrogens (tertiary/aromatic N) is 2. The maximum absolute atomic E-state index is 12.0. The van der Waals surface area contributed by atoms with Crippen LogP contribution < -0.4 is 5.32 Å². The minimum atomic E-state index is -5.08. The van der Waals surface area contributed by atoms with Gasteiger partial charge in [0.25, 0.3) is 5.91 Å². The van der Waals surface area contributed by atoms with E-state index in [0.29, 0.717) is 16.7 Å². The van der Waals surface area contributed by atoms with Gasteiger partial charge in [0.1, 0.15) is 5.52 Å². The Morgan fingerprint density at radius 3 is 2.39 bits per heavy atom. The van der Waals surface area contributed by atoms with E-state index in [-0.39, 0.29) is 11.4 Å². The second-order valence-corrected chi connectivity index (χ2v) is 5.27. The molecule has 3 N–H and O–H groups in total. The van der Waals surface area contributed by atoms with Crippen molar-refractivity contribution in [3.8, 4) is 0 Å². The van der Waals surface area contributed by atoms with Gasteiger partial charge in [-0.2, -0.15) is 13.2 Å². The summed E-state index contributed by atoms with van der Waals surface area (Å²) in [7, 11) is 0. The minimum Gasteiger partial charge on any atom is -0.475 e. The molecule has 7 nitrogen and oxygen atoms in total. The smallest absolute Gasteiger partial charge is 0.475 e. The standard InChI is InChI=1S/C11H12N4O.C2HF3O2/c1-11(2-3-11)15-10(16)7-6-14-9-8(7)12-4-5-13-9;3-2(4,5)1(6)7/h4-6H,2-3H2,1H3,(H,13,14)(H,15,16);(H,6,7). The van der Waals surface area contributed by atoms with Gasteiger partial charge < -0.3 is 15.4 Å². The summed E-state index contributed by atoms with van der Waals surface area (Å²) in [6.45, 7) is 2.05. The predicted octanol–water partition coefficient (Wildman–Crippen LogP) is 1.87. The lowest BCUT2D eigenvalue weighted by Gasteiger charge is -2.09. The Hall–Kier alpha value is -2.65. The maximum Gasteiger partial charge on any atom is 0.490 e. The van der Waals surface area contributed by atoms with E-state index >= 15 is 0 Å². The molecule has 3 rings (SSSR count). The number of aromatic nitrogens is 3. The van der Waals surface area contributed by atoms with E-state index in [4.69, 9.17) is 9.90 Å². The molecule has 0 spiro atoms. The van der Waals surface area contributed by atoms with Crippen molar-refractivity contribution in [2.24, 2.45) is 0 Å². The van der Waals surface area contributed by atoms with Crippen LogP contribution in [0.3, 0.4) is 0 Å². The van der Waals surface area contributed by atoms with Crippen molar-refractivity contribution < 1.29 is 27.9 Å². The fourth-order valence-corrected chi connectivity index (χ4v) is 1.68. The molecule has 1 amide bonds. The number of rotatable bonds is 2. The number of aromatic amines is 1. The molecule has 0 bridgehead atoms. The van der Waals surface area contributed by atoms with Crippen molar-refractivity contribution >= 4 is 23.0 Å². The van der Waals surface area contributed by atoms with Crippen LogP contribution in [0, 0.1) is 0 Å². The third kappa shape index (κ3) is 4.18. The molecule has 2 aromatic rings. The number of amides is 1. The second-order valence-electron chi connectivity index (χ2n) is 5.27. The Morgan fingerprint density at radius 1 is 1.30 bits per heavy atom. The number of carbonyl (C=O) groups excluding carboxylic acids is 1. The summed E-state index contributed by atoms with van der Waals surface area (Å²) in [5.74, 6) is -2.83. The van der Waals surface area contributed by atoms with E-state index < -0.39 is 12.1 Å². The van der Waals surface area contributed by atoms with Crippen LogP contribution in [-0.2, 0) is 4.79 Å². The first-order valence-electron chi connectivity index (χ1n) is 6.53. The number of alkyl halides is 3. The van der Waals surface area contributed by atoms with Crippen LogP contribution in [0.15, 0.2) is 18.6 Å². The van der Waals surface area contributed by atoms with Crippen LogP contribution in [0.5, 0.6) is 0 Å². The summed E-state index contributed by atoms with van der Waals surface area (Å²) in [4.78, 5) is 32.1. The molecule has 0 radical (unpaired) electrons. The van der Waals surface area contributed by atoms with Crippen molar-refractivity contribution in [2.75, 3.05) is 0 Å². The van der Waals surface area contributed by atoms with E-state index in [1.165, 1.54) is 0 Å². The number of carboxylic acid groups (broad SMARTS) is 1. The average molecular weight is 330 g/mol. The first kappa shape index (κ1) is 16.7. The van der Waals surface area contributed by atoms with Gasteiger partial charge in [-0.1, -0.05) is 0 Å². The Kier molecular flexibility index (Phi) is 4.26. The summed E-state index contributed by atoms with van der Waals surface area (Å²) in [6, 6.07) is 0. The van der Waals surface area contributed by atoms with Crippen LogP contribution >= 0.6 is 0 Å². The third-order valence-electron chi connectivity index (χ3n) is 3.21. The Morgan fingerprint density at radius 2 is 1.87 bits per heavy atom. The Labute approximate surface area is 127 Å². The van der Waals surface area contributed by atoms with Crippen LogP contribution in [0.25, 0.3) is 11.2 Å². The molecule has 0 atom stereocenters. The lowest BCUT2D eigenvalue weighted by atomic mass is 10.2. The highest BCUT2D eigenvalue weighted by Crippen LogP contribution is 2.34. The molecule has 1 aliphatic rings. The molecule has 23 heavy (non-hydrogen) atoms. The van der Waals surface area contributed by atoms with Gasteiger partial charge in [-0.3, -0.25) is 9.78 Å². The van der Waals surface area contributed by atoms with Gasteiger partial charge in [0.05, 0.1) is 5.56 Å². The van der Waals surface area contributed by atoms with Gasteiger partial charge in [0.2, 0.25) is 0 Å². The van der Waals surface area contributed by atoms with Gasteiger partial charge in [-0.05, 0) is 19.8 Å². The van der Waals surface area contributed by atoms with Crippen LogP contribution in [0.4, 0.5) is 13.2 Å². The number of hydrogen-bond donors (Lipinski definition) is 3. The van der Waals surface area contributed by atoms with E-state index in [1.807, 2.05) is 6.92 Å². The Bertz CT molecular complexity index is 737. The summed E-state index contributed by atoms with van der Waals surface area (Å²) in [5, 5.41) is 10.1. The lowest BCUT2D eigenvalue weighted by molar-refractivity contribution is -0.192. The number of nitrogens with one attached hydrogen (secondary N) is 2. The number of aliphatic carboxylic acids is 1. The normalized spacial score (nSPS) is 15.5. The van der Waals surface area contributed by atoms with Crippen LogP contribution in [-0.4, -0.2) is 43.7 Å². The van der Waals surface area contributed by atoms with Crippen molar-refractivity contribution in [2.45, 2.75) is 31.5 Å². The number of carboxylic acids is 1. The van der Waals surface area contributed by atoms with Gasteiger partial charge in [0.15, 0.2) is 5.65 Å². The predicted molar refractivity (Wildman–Crippen MR) is 72.7 cm³/mol. The molecule has 0 aliphatic heterocycles. The zero-order valence-corrected chi connectivity index (χ0v) is 11.9. The topological polar surface area (TPSA) is 108 Å². The minimum absolute atomic E-state index is 0.0110. The number of fused-ring (bicyclic) bond motifs is 1. The van der Waals surface area contributed by atoms with Crippen LogP contribution in [0.1, 0.15) is 30.1 Å². The third-order valence-corrected chi connectivity index (χ3v) is 3.21. The zero-order chi connectivity index (χ0) is 17.3. The fourth-order valence-electron chi connectivity index (χ4n) is 1.68. The molecule has 10 heteroatoms. The van der Waals surface area contributed by atoms with E-state index in [1.54, 1.807) is 18.6 Å². The number of carbonyl (C=O) groups is 2. The molecule has 124 valence electrons. The monoisotopic (exact) mass is 330 g/mol. The molecular formula is C13H13F3N4O3. The van der Waals surface area contributed by atoms with Gasteiger partial charge >= 0.3 is 12.1 Å². The number of H-pyrrole nitrogens is 1. The van der Waals surface area contributed by atoms with E-state index in [9.17, 15) is 18.0 Å². The molecular weight excluding hydrogens is 317 g/mol. The Balaban J connectivity index is 0.000000236. The SMILES string of the molecule is CC1(NC(=O)c2c[nH]c3nccnc23)CC1.O=C(O)C(F)(F)F. The lowest BCUT2D eigenvalue weighted by Crippen LogP contribution is -2.34. The molecule has 0 saturated heterocycles.